The average molecular weight is 384 g/mol. The number of unbranched alkanes of at least 4 members (excludes halogenated alkanes) is 2. The summed E-state index contributed by atoms with van der Waals surface area (Å²) in [4.78, 5) is 6.67. The second-order valence-corrected chi connectivity index (χ2v) is 4.86. The van der Waals surface area contributed by atoms with Gasteiger partial charge >= 0.3 is 0 Å². The Kier molecular flexibility index (Phi) is 16.1. The lowest BCUT2D eigenvalue weighted by Gasteiger charge is -2.25. The molecule has 0 radical (unpaired) electrons. The summed E-state index contributed by atoms with van der Waals surface area (Å²) in [5.74, 6) is 0.922. The van der Waals surface area contributed by atoms with Gasteiger partial charge in [0, 0.05) is 32.7 Å². The van der Waals surface area contributed by atoms with Gasteiger partial charge in [-0.25, -0.2) is 0 Å². The van der Waals surface area contributed by atoms with E-state index < -0.39 is 0 Å². The molecule has 0 aliphatic heterocycles. The third-order valence-corrected chi connectivity index (χ3v) is 3.12. The molecule has 0 heterocycles. The Hall–Kier alpha value is -0.0400. The number of nitrogens with one attached hydrogen (secondary N) is 2. The standard InChI is InChI=1S/C14H32N4.HI/c1-6-8-9-10-16-14(15-5)17-11-12-18(7-2)13(3)4;/h13H,6-12H2,1-5H3,(H2,15,16,17);1H. The SMILES string of the molecule is CCCCCNC(=NC)NCCN(CC)C(C)C.I. The molecule has 19 heavy (non-hydrogen) atoms. The van der Waals surface area contributed by atoms with Gasteiger partial charge in [0.1, 0.15) is 0 Å². The number of hydrogen-bond acceptors (Lipinski definition) is 2. The molecule has 0 unspecified atom stereocenters. The van der Waals surface area contributed by atoms with Crippen LogP contribution in [0.5, 0.6) is 0 Å². The van der Waals surface area contributed by atoms with Crippen LogP contribution < -0.4 is 10.6 Å². The molecule has 0 spiro atoms. The van der Waals surface area contributed by atoms with Crippen molar-refractivity contribution in [1.29, 1.82) is 0 Å². The molecular weight excluding hydrogens is 351 g/mol. The molecule has 0 bridgehead atoms. The molecule has 0 aromatic rings. The number of guanidine groups is 1. The van der Waals surface area contributed by atoms with E-state index in [1.165, 1.54) is 19.3 Å². The highest BCUT2D eigenvalue weighted by Gasteiger charge is 2.06. The highest BCUT2D eigenvalue weighted by molar-refractivity contribution is 14.0. The van der Waals surface area contributed by atoms with E-state index in [-0.39, 0.29) is 24.0 Å². The molecule has 0 amide bonds. The van der Waals surface area contributed by atoms with Crippen molar-refractivity contribution in [2.75, 3.05) is 33.2 Å². The minimum Gasteiger partial charge on any atom is -0.356 e. The van der Waals surface area contributed by atoms with Crippen LogP contribution in [0.15, 0.2) is 4.99 Å². The minimum atomic E-state index is 0. The fourth-order valence-electron chi connectivity index (χ4n) is 1.90. The molecule has 0 rings (SSSR count). The molecule has 0 aliphatic rings. The lowest BCUT2D eigenvalue weighted by Crippen LogP contribution is -2.43. The van der Waals surface area contributed by atoms with E-state index in [1.807, 2.05) is 7.05 Å². The Morgan fingerprint density at radius 1 is 1.11 bits per heavy atom. The van der Waals surface area contributed by atoms with E-state index in [4.69, 9.17) is 0 Å². The molecule has 0 saturated carbocycles. The molecule has 2 N–H and O–H groups in total. The van der Waals surface area contributed by atoms with Crippen LogP contribution in [0.25, 0.3) is 0 Å². The Morgan fingerprint density at radius 3 is 2.21 bits per heavy atom. The number of aliphatic imine (C=N–C) groups is 1. The molecule has 5 heteroatoms. The minimum absolute atomic E-state index is 0. The zero-order valence-electron chi connectivity index (χ0n) is 13.3. The molecule has 0 aromatic heterocycles. The number of likely N-dealkylation sites (N-methyl/N-ethyl adjacent to an activating group) is 1. The first-order valence-electron chi connectivity index (χ1n) is 7.34. The van der Waals surface area contributed by atoms with Crippen LogP contribution in [-0.2, 0) is 0 Å². The maximum atomic E-state index is 4.23. The van der Waals surface area contributed by atoms with Crippen molar-refractivity contribution in [3.05, 3.63) is 0 Å². The van der Waals surface area contributed by atoms with Gasteiger partial charge in [-0.05, 0) is 26.8 Å². The maximum Gasteiger partial charge on any atom is 0.191 e. The van der Waals surface area contributed by atoms with Crippen LogP contribution in [0.1, 0.15) is 47.0 Å². The third kappa shape index (κ3) is 11.5. The van der Waals surface area contributed by atoms with E-state index in [0.29, 0.717) is 6.04 Å². The van der Waals surface area contributed by atoms with Gasteiger partial charge in [0.15, 0.2) is 5.96 Å². The van der Waals surface area contributed by atoms with Crippen molar-refractivity contribution in [2.45, 2.75) is 53.0 Å². The molecule has 0 saturated heterocycles. The van der Waals surface area contributed by atoms with E-state index in [1.54, 1.807) is 0 Å². The van der Waals surface area contributed by atoms with Gasteiger partial charge in [0.2, 0.25) is 0 Å². The molecule has 4 nitrogen and oxygen atoms in total. The largest absolute Gasteiger partial charge is 0.356 e. The molecule has 0 aliphatic carbocycles. The summed E-state index contributed by atoms with van der Waals surface area (Å²) in [6.07, 6.45) is 3.75. The first-order valence-corrected chi connectivity index (χ1v) is 7.34. The summed E-state index contributed by atoms with van der Waals surface area (Å²) >= 11 is 0. The van der Waals surface area contributed by atoms with Gasteiger partial charge in [-0.3, -0.25) is 9.89 Å². The highest BCUT2D eigenvalue weighted by atomic mass is 127. The zero-order chi connectivity index (χ0) is 13.8. The maximum absolute atomic E-state index is 4.23. The zero-order valence-corrected chi connectivity index (χ0v) is 15.7. The first-order chi connectivity index (χ1) is 8.65. The van der Waals surface area contributed by atoms with Crippen LogP contribution in [-0.4, -0.2) is 50.1 Å². The molecular formula is C14H33IN4. The summed E-state index contributed by atoms with van der Waals surface area (Å²) in [5.41, 5.74) is 0. The Labute approximate surface area is 136 Å². The predicted octanol–water partition coefficient (Wildman–Crippen LogP) is 2.69. The van der Waals surface area contributed by atoms with Crippen LogP contribution in [0, 0.1) is 0 Å². The van der Waals surface area contributed by atoms with Gasteiger partial charge < -0.3 is 10.6 Å². The second kappa shape index (κ2) is 14.4. The lowest BCUT2D eigenvalue weighted by molar-refractivity contribution is 0.237. The van der Waals surface area contributed by atoms with Crippen LogP contribution >= 0.6 is 24.0 Å². The van der Waals surface area contributed by atoms with Crippen molar-refractivity contribution >= 4 is 29.9 Å². The smallest absolute Gasteiger partial charge is 0.191 e. The van der Waals surface area contributed by atoms with Crippen LogP contribution in [0.3, 0.4) is 0 Å². The van der Waals surface area contributed by atoms with E-state index in [9.17, 15) is 0 Å². The van der Waals surface area contributed by atoms with Crippen LogP contribution in [0.4, 0.5) is 0 Å². The van der Waals surface area contributed by atoms with E-state index >= 15 is 0 Å². The lowest BCUT2D eigenvalue weighted by atomic mass is 10.2. The quantitative estimate of drug-likeness (QED) is 0.278. The fourth-order valence-corrected chi connectivity index (χ4v) is 1.90. The molecule has 0 fully saturated rings. The number of rotatable bonds is 9. The third-order valence-electron chi connectivity index (χ3n) is 3.12. The Balaban J connectivity index is 0. The van der Waals surface area contributed by atoms with E-state index in [0.717, 1.165) is 32.1 Å². The topological polar surface area (TPSA) is 39.7 Å². The van der Waals surface area contributed by atoms with Crippen molar-refractivity contribution < 1.29 is 0 Å². The summed E-state index contributed by atoms with van der Waals surface area (Å²) < 4.78 is 0. The highest BCUT2D eigenvalue weighted by Crippen LogP contribution is 1.95. The van der Waals surface area contributed by atoms with Crippen molar-refractivity contribution in [3.63, 3.8) is 0 Å². The van der Waals surface area contributed by atoms with Crippen molar-refractivity contribution in [1.82, 2.24) is 15.5 Å². The van der Waals surface area contributed by atoms with Gasteiger partial charge in [-0.2, -0.15) is 0 Å². The van der Waals surface area contributed by atoms with Crippen molar-refractivity contribution in [3.8, 4) is 0 Å². The Morgan fingerprint density at radius 2 is 1.74 bits per heavy atom. The number of halogens is 1. The normalized spacial score (nSPS) is 11.6. The van der Waals surface area contributed by atoms with Gasteiger partial charge in [0.05, 0.1) is 0 Å². The molecule has 116 valence electrons. The summed E-state index contributed by atoms with van der Waals surface area (Å²) in [6.45, 7) is 13.0. The first kappa shape index (κ1) is 21.3. The average Bonchev–Trinajstić information content (AvgIpc) is 2.36. The van der Waals surface area contributed by atoms with Gasteiger partial charge in [-0.15, -0.1) is 24.0 Å². The summed E-state index contributed by atoms with van der Waals surface area (Å²) in [7, 11) is 1.83. The second-order valence-electron chi connectivity index (χ2n) is 4.86. The summed E-state index contributed by atoms with van der Waals surface area (Å²) in [6, 6.07) is 0.608. The monoisotopic (exact) mass is 384 g/mol. The van der Waals surface area contributed by atoms with Gasteiger partial charge in [-0.1, -0.05) is 26.7 Å². The molecule has 0 atom stereocenters. The predicted molar refractivity (Wildman–Crippen MR) is 96.7 cm³/mol. The Bertz CT molecular complexity index is 219. The fraction of sp³-hybridized carbons (Fsp3) is 0.929. The number of hydrogen-bond donors (Lipinski definition) is 2. The van der Waals surface area contributed by atoms with Crippen molar-refractivity contribution in [2.24, 2.45) is 4.99 Å². The molecule has 0 aromatic carbocycles. The van der Waals surface area contributed by atoms with E-state index in [2.05, 4.69) is 48.2 Å². The van der Waals surface area contributed by atoms with Crippen LogP contribution in [0.2, 0.25) is 0 Å². The summed E-state index contributed by atoms with van der Waals surface area (Å²) in [5, 5.41) is 6.71. The number of nitrogens with zero attached hydrogens (tertiary/aromatic N) is 2. The van der Waals surface area contributed by atoms with Gasteiger partial charge in [0.25, 0.3) is 0 Å².